The van der Waals surface area contributed by atoms with Crippen LogP contribution in [0.5, 0.6) is 0 Å². The van der Waals surface area contributed by atoms with Crippen LogP contribution in [0.15, 0.2) is 36.7 Å². The van der Waals surface area contributed by atoms with E-state index in [2.05, 4.69) is 32.8 Å². The molecule has 24 heavy (non-hydrogen) atoms. The van der Waals surface area contributed by atoms with Crippen molar-refractivity contribution < 1.29 is 4.79 Å². The molecule has 1 aliphatic heterocycles. The van der Waals surface area contributed by atoms with E-state index in [1.807, 2.05) is 22.9 Å². The van der Waals surface area contributed by atoms with Crippen LogP contribution < -0.4 is 10.6 Å². The average Bonchev–Trinajstić information content (AvgIpc) is 3.35. The van der Waals surface area contributed by atoms with E-state index in [0.29, 0.717) is 12.5 Å². The number of hydrogen-bond acceptors (Lipinski definition) is 4. The number of nitrogens with zero attached hydrogens (tertiary/aromatic N) is 3. The van der Waals surface area contributed by atoms with Gasteiger partial charge in [-0.15, -0.1) is 0 Å². The van der Waals surface area contributed by atoms with Gasteiger partial charge in [0.1, 0.15) is 12.2 Å². The van der Waals surface area contributed by atoms with Crippen molar-refractivity contribution in [2.24, 2.45) is 5.92 Å². The van der Waals surface area contributed by atoms with E-state index in [4.69, 9.17) is 0 Å². The fourth-order valence-corrected chi connectivity index (χ4v) is 3.43. The van der Waals surface area contributed by atoms with E-state index < -0.39 is 0 Å². The number of nitrogens with one attached hydrogen (secondary N) is 2. The van der Waals surface area contributed by atoms with Crippen LogP contribution in [0.4, 0.5) is 0 Å². The minimum absolute atomic E-state index is 0.0696. The van der Waals surface area contributed by atoms with Gasteiger partial charge in [0.25, 0.3) is 0 Å². The van der Waals surface area contributed by atoms with E-state index in [9.17, 15) is 4.79 Å². The van der Waals surface area contributed by atoms with Crippen LogP contribution in [0.25, 0.3) is 0 Å². The van der Waals surface area contributed by atoms with Gasteiger partial charge < -0.3 is 10.6 Å². The number of hydrogen-bond donors (Lipinski definition) is 2. The summed E-state index contributed by atoms with van der Waals surface area (Å²) < 4.78 is 1.93. The SMILES string of the molecule is O=C(CN[C@H]1CCc2ncnn2C1)N[C@@H](c1ccccc1)C1CC1. The second kappa shape index (κ2) is 6.73. The third kappa shape index (κ3) is 3.48. The topological polar surface area (TPSA) is 71.8 Å². The summed E-state index contributed by atoms with van der Waals surface area (Å²) >= 11 is 0. The Bertz CT molecular complexity index is 694. The number of benzene rings is 1. The molecule has 1 fully saturated rings. The summed E-state index contributed by atoms with van der Waals surface area (Å²) in [6, 6.07) is 10.7. The van der Waals surface area contributed by atoms with Gasteiger partial charge in [0, 0.05) is 12.5 Å². The highest BCUT2D eigenvalue weighted by Crippen LogP contribution is 2.40. The Morgan fingerprint density at radius 3 is 2.88 bits per heavy atom. The Morgan fingerprint density at radius 1 is 1.25 bits per heavy atom. The second-order valence-electron chi connectivity index (χ2n) is 6.77. The second-order valence-corrected chi connectivity index (χ2v) is 6.77. The molecule has 0 bridgehead atoms. The number of carbonyl (C=O) groups excluding carboxylic acids is 1. The van der Waals surface area contributed by atoms with Crippen molar-refractivity contribution in [1.29, 1.82) is 0 Å². The van der Waals surface area contributed by atoms with Gasteiger partial charge in [-0.25, -0.2) is 9.67 Å². The molecule has 2 aromatic rings. The quantitative estimate of drug-likeness (QED) is 0.843. The van der Waals surface area contributed by atoms with Crippen LogP contribution in [0.1, 0.15) is 36.7 Å². The molecule has 2 N–H and O–H groups in total. The van der Waals surface area contributed by atoms with Crippen LogP contribution in [-0.4, -0.2) is 33.3 Å². The van der Waals surface area contributed by atoms with Crippen molar-refractivity contribution in [3.05, 3.63) is 48.0 Å². The molecule has 6 heteroatoms. The van der Waals surface area contributed by atoms with Crippen LogP contribution >= 0.6 is 0 Å². The molecular formula is C18H23N5O. The molecule has 0 radical (unpaired) electrons. The lowest BCUT2D eigenvalue weighted by molar-refractivity contribution is -0.121. The Balaban J connectivity index is 1.30. The highest BCUT2D eigenvalue weighted by molar-refractivity contribution is 5.78. The van der Waals surface area contributed by atoms with Crippen LogP contribution in [-0.2, 0) is 17.8 Å². The Labute approximate surface area is 141 Å². The zero-order valence-corrected chi connectivity index (χ0v) is 13.7. The maximum atomic E-state index is 12.4. The first-order chi connectivity index (χ1) is 11.8. The van der Waals surface area contributed by atoms with Gasteiger partial charge in [0.2, 0.25) is 5.91 Å². The smallest absolute Gasteiger partial charge is 0.234 e. The summed E-state index contributed by atoms with van der Waals surface area (Å²) in [6.45, 7) is 1.14. The van der Waals surface area contributed by atoms with E-state index in [-0.39, 0.29) is 18.0 Å². The van der Waals surface area contributed by atoms with Crippen molar-refractivity contribution in [3.63, 3.8) is 0 Å². The highest BCUT2D eigenvalue weighted by Gasteiger charge is 2.33. The van der Waals surface area contributed by atoms with Gasteiger partial charge >= 0.3 is 0 Å². The number of rotatable bonds is 6. The standard InChI is InChI=1S/C18H23N5O/c24-17(10-19-15-8-9-16-20-12-21-23(16)11-15)22-18(14-6-7-14)13-4-2-1-3-5-13/h1-5,12,14-15,18-19H,6-11H2,(H,22,24)/t15-,18-/m0/s1. The molecule has 0 spiro atoms. The largest absolute Gasteiger partial charge is 0.348 e. The van der Waals surface area contributed by atoms with Gasteiger partial charge in [0.15, 0.2) is 0 Å². The fraction of sp³-hybridized carbons (Fsp3) is 0.500. The zero-order valence-electron chi connectivity index (χ0n) is 13.7. The van der Waals surface area contributed by atoms with Crippen LogP contribution in [0.3, 0.4) is 0 Å². The minimum atomic E-state index is 0.0696. The van der Waals surface area contributed by atoms with E-state index in [0.717, 1.165) is 25.2 Å². The molecule has 6 nitrogen and oxygen atoms in total. The van der Waals surface area contributed by atoms with E-state index in [1.54, 1.807) is 6.33 Å². The molecule has 1 amide bonds. The summed E-state index contributed by atoms with van der Waals surface area (Å²) in [5.74, 6) is 1.69. The maximum Gasteiger partial charge on any atom is 0.234 e. The van der Waals surface area contributed by atoms with Gasteiger partial charge in [-0.05, 0) is 30.7 Å². The summed E-state index contributed by atoms with van der Waals surface area (Å²) in [6.07, 6.45) is 5.91. The van der Waals surface area contributed by atoms with E-state index in [1.165, 1.54) is 18.4 Å². The molecule has 126 valence electrons. The predicted molar refractivity (Wildman–Crippen MR) is 90.2 cm³/mol. The molecule has 0 saturated heterocycles. The number of amides is 1. The Hall–Kier alpha value is -2.21. The lowest BCUT2D eigenvalue weighted by atomic mass is 10.0. The maximum absolute atomic E-state index is 12.4. The monoisotopic (exact) mass is 325 g/mol. The molecule has 1 aromatic carbocycles. The van der Waals surface area contributed by atoms with Crippen molar-refractivity contribution in [1.82, 2.24) is 25.4 Å². The van der Waals surface area contributed by atoms with Crippen molar-refractivity contribution >= 4 is 5.91 Å². The number of fused-ring (bicyclic) bond motifs is 1. The molecule has 2 aliphatic rings. The first kappa shape index (κ1) is 15.3. The first-order valence-electron chi connectivity index (χ1n) is 8.74. The Kier molecular flexibility index (Phi) is 4.30. The normalized spacial score (nSPS) is 21.1. The number of carbonyl (C=O) groups is 1. The molecule has 1 aromatic heterocycles. The van der Waals surface area contributed by atoms with Gasteiger partial charge in [0.05, 0.1) is 19.1 Å². The van der Waals surface area contributed by atoms with Crippen molar-refractivity contribution in [3.8, 4) is 0 Å². The number of aryl methyl sites for hydroxylation is 1. The molecule has 2 atom stereocenters. The summed E-state index contributed by atoms with van der Waals surface area (Å²) in [4.78, 5) is 16.6. The van der Waals surface area contributed by atoms with Crippen LogP contribution in [0.2, 0.25) is 0 Å². The lowest BCUT2D eigenvalue weighted by Gasteiger charge is -2.24. The molecule has 4 rings (SSSR count). The summed E-state index contributed by atoms with van der Waals surface area (Å²) in [5, 5.41) is 10.8. The van der Waals surface area contributed by atoms with Gasteiger partial charge in [-0.1, -0.05) is 30.3 Å². The minimum Gasteiger partial charge on any atom is -0.348 e. The highest BCUT2D eigenvalue weighted by atomic mass is 16.2. The zero-order chi connectivity index (χ0) is 16.4. The fourth-order valence-electron chi connectivity index (χ4n) is 3.43. The Morgan fingerprint density at radius 2 is 2.08 bits per heavy atom. The molecule has 1 aliphatic carbocycles. The van der Waals surface area contributed by atoms with Gasteiger partial charge in [-0.2, -0.15) is 5.10 Å². The summed E-state index contributed by atoms with van der Waals surface area (Å²) in [7, 11) is 0. The predicted octanol–water partition coefficient (Wildman–Crippen LogP) is 1.45. The van der Waals surface area contributed by atoms with E-state index >= 15 is 0 Å². The molecule has 1 saturated carbocycles. The van der Waals surface area contributed by atoms with Crippen LogP contribution in [0, 0.1) is 5.92 Å². The third-order valence-electron chi connectivity index (χ3n) is 4.93. The third-order valence-corrected chi connectivity index (χ3v) is 4.93. The average molecular weight is 325 g/mol. The number of aromatic nitrogens is 3. The first-order valence-corrected chi connectivity index (χ1v) is 8.74. The molecule has 0 unspecified atom stereocenters. The lowest BCUT2D eigenvalue weighted by Crippen LogP contribution is -2.44. The van der Waals surface area contributed by atoms with Crippen molar-refractivity contribution in [2.75, 3.05) is 6.54 Å². The van der Waals surface area contributed by atoms with Crippen molar-refractivity contribution in [2.45, 2.75) is 44.3 Å². The molecule has 2 heterocycles. The molecular weight excluding hydrogens is 302 g/mol. The van der Waals surface area contributed by atoms with Gasteiger partial charge in [-0.3, -0.25) is 4.79 Å². The summed E-state index contributed by atoms with van der Waals surface area (Å²) in [5.41, 5.74) is 1.21.